The molecule has 2 aromatic carbocycles. The molecule has 1 aliphatic heterocycles. The summed E-state index contributed by atoms with van der Waals surface area (Å²) < 4.78 is 10.6. The van der Waals surface area contributed by atoms with E-state index in [0.717, 1.165) is 17.7 Å². The first-order chi connectivity index (χ1) is 13.2. The van der Waals surface area contributed by atoms with Gasteiger partial charge in [0, 0.05) is 17.9 Å². The number of hydrogen-bond donors (Lipinski definition) is 1. The molecular weight excluding hydrogens is 344 g/mol. The Balaban J connectivity index is 1.40. The van der Waals surface area contributed by atoms with E-state index < -0.39 is 0 Å². The molecule has 6 nitrogen and oxygen atoms in total. The molecule has 0 radical (unpaired) electrons. The molecule has 0 saturated heterocycles. The van der Waals surface area contributed by atoms with Crippen LogP contribution in [0.4, 0.5) is 11.4 Å². The van der Waals surface area contributed by atoms with E-state index in [1.165, 1.54) is 6.26 Å². The maximum absolute atomic E-state index is 12.5. The highest BCUT2D eigenvalue weighted by molar-refractivity contribution is 6.05. The lowest BCUT2D eigenvalue weighted by atomic mass is 10.1. The first kappa shape index (κ1) is 16.9. The fraction of sp³-hybridized carbons (Fsp3) is 0.143. The number of ether oxygens (including phenoxy) is 1. The van der Waals surface area contributed by atoms with Crippen LogP contribution in [0.1, 0.15) is 16.1 Å². The number of benzene rings is 2. The second kappa shape index (κ2) is 7.37. The van der Waals surface area contributed by atoms with E-state index in [1.54, 1.807) is 35.2 Å². The van der Waals surface area contributed by atoms with Gasteiger partial charge in [-0.05, 0) is 54.4 Å². The van der Waals surface area contributed by atoms with Gasteiger partial charge in [0.1, 0.15) is 5.75 Å². The summed E-state index contributed by atoms with van der Waals surface area (Å²) in [6, 6.07) is 18.1. The minimum absolute atomic E-state index is 0.0653. The van der Waals surface area contributed by atoms with E-state index in [-0.39, 0.29) is 18.4 Å². The monoisotopic (exact) mass is 362 g/mol. The van der Waals surface area contributed by atoms with Crippen LogP contribution in [0.25, 0.3) is 0 Å². The molecule has 2 heterocycles. The van der Waals surface area contributed by atoms with Crippen LogP contribution < -0.4 is 15.0 Å². The quantitative estimate of drug-likeness (QED) is 0.754. The second-order valence-electron chi connectivity index (χ2n) is 6.18. The molecule has 136 valence electrons. The summed E-state index contributed by atoms with van der Waals surface area (Å²) in [4.78, 5) is 26.3. The summed E-state index contributed by atoms with van der Waals surface area (Å²) in [5, 5.41) is 2.83. The van der Waals surface area contributed by atoms with Crippen LogP contribution in [0.2, 0.25) is 0 Å². The molecule has 0 bridgehead atoms. The highest BCUT2D eigenvalue weighted by Gasteiger charge is 2.27. The van der Waals surface area contributed by atoms with E-state index in [9.17, 15) is 9.59 Å². The molecule has 4 rings (SSSR count). The van der Waals surface area contributed by atoms with Crippen LogP contribution in [0.5, 0.6) is 5.75 Å². The SMILES string of the molecule is O=C(COc1ccccc1)Nc1ccc2c(c1)CCN2C(=O)c1ccco1. The van der Waals surface area contributed by atoms with E-state index in [2.05, 4.69) is 5.32 Å². The Hall–Kier alpha value is -3.54. The lowest BCUT2D eigenvalue weighted by Crippen LogP contribution is -2.28. The molecule has 3 aromatic rings. The number of carbonyl (C=O) groups excluding carboxylic acids is 2. The lowest BCUT2D eigenvalue weighted by Gasteiger charge is -2.16. The van der Waals surface area contributed by atoms with Crippen molar-refractivity contribution in [2.24, 2.45) is 0 Å². The Bertz CT molecular complexity index is 952. The molecule has 27 heavy (non-hydrogen) atoms. The first-order valence-electron chi connectivity index (χ1n) is 8.67. The van der Waals surface area contributed by atoms with Crippen molar-refractivity contribution in [3.05, 3.63) is 78.3 Å². The van der Waals surface area contributed by atoms with Crippen molar-refractivity contribution >= 4 is 23.2 Å². The standard InChI is InChI=1S/C21H18N2O4/c24-20(14-27-17-5-2-1-3-6-17)22-16-8-9-18-15(13-16)10-11-23(18)21(25)19-7-4-12-26-19/h1-9,12-13H,10-11,14H2,(H,22,24). The van der Waals surface area contributed by atoms with Crippen molar-refractivity contribution in [2.75, 3.05) is 23.4 Å². The lowest BCUT2D eigenvalue weighted by molar-refractivity contribution is -0.118. The molecule has 2 amide bonds. The number of nitrogens with one attached hydrogen (secondary N) is 1. The number of hydrogen-bond acceptors (Lipinski definition) is 4. The van der Waals surface area contributed by atoms with Crippen LogP contribution >= 0.6 is 0 Å². The van der Waals surface area contributed by atoms with Gasteiger partial charge in [0.05, 0.1) is 6.26 Å². The van der Waals surface area contributed by atoms with Gasteiger partial charge in [-0.2, -0.15) is 0 Å². The number of rotatable bonds is 5. The van der Waals surface area contributed by atoms with Gasteiger partial charge in [-0.15, -0.1) is 0 Å². The van der Waals surface area contributed by atoms with Gasteiger partial charge in [-0.3, -0.25) is 9.59 Å². The van der Waals surface area contributed by atoms with Crippen LogP contribution in [0.3, 0.4) is 0 Å². The molecule has 0 atom stereocenters. The van der Waals surface area contributed by atoms with Gasteiger partial charge in [0.2, 0.25) is 0 Å². The molecule has 6 heteroatoms. The van der Waals surface area contributed by atoms with Crippen molar-refractivity contribution in [3.63, 3.8) is 0 Å². The molecular formula is C21H18N2O4. The van der Waals surface area contributed by atoms with E-state index in [0.29, 0.717) is 23.7 Å². The number of furan rings is 1. The Morgan fingerprint density at radius 2 is 1.93 bits per heavy atom. The Kier molecular flexibility index (Phi) is 4.61. The number of carbonyl (C=O) groups is 2. The zero-order valence-electron chi connectivity index (χ0n) is 14.6. The maximum Gasteiger partial charge on any atom is 0.293 e. The van der Waals surface area contributed by atoms with Crippen molar-refractivity contribution in [3.8, 4) is 5.75 Å². The summed E-state index contributed by atoms with van der Waals surface area (Å²) in [5.74, 6) is 0.569. The number of fused-ring (bicyclic) bond motifs is 1. The number of nitrogens with zero attached hydrogens (tertiary/aromatic N) is 1. The fourth-order valence-electron chi connectivity index (χ4n) is 3.09. The number of para-hydroxylation sites is 1. The van der Waals surface area contributed by atoms with Gasteiger partial charge >= 0.3 is 0 Å². The summed E-state index contributed by atoms with van der Waals surface area (Å²) in [5.41, 5.74) is 2.54. The van der Waals surface area contributed by atoms with Crippen molar-refractivity contribution < 1.29 is 18.7 Å². The summed E-state index contributed by atoms with van der Waals surface area (Å²) in [6.07, 6.45) is 2.21. The zero-order chi connectivity index (χ0) is 18.6. The average molecular weight is 362 g/mol. The first-order valence-corrected chi connectivity index (χ1v) is 8.67. The largest absolute Gasteiger partial charge is 0.484 e. The maximum atomic E-state index is 12.5. The predicted molar refractivity (Wildman–Crippen MR) is 101 cm³/mol. The smallest absolute Gasteiger partial charge is 0.293 e. The summed E-state index contributed by atoms with van der Waals surface area (Å²) >= 11 is 0. The van der Waals surface area contributed by atoms with Crippen LogP contribution in [0, 0.1) is 0 Å². The fourth-order valence-corrected chi connectivity index (χ4v) is 3.09. The normalized spacial score (nSPS) is 12.5. The Labute approximate surface area is 156 Å². The van der Waals surface area contributed by atoms with Gasteiger partial charge in [0.25, 0.3) is 11.8 Å². The minimum Gasteiger partial charge on any atom is -0.484 e. The zero-order valence-corrected chi connectivity index (χ0v) is 14.6. The second-order valence-corrected chi connectivity index (χ2v) is 6.18. The van der Waals surface area contributed by atoms with Crippen LogP contribution in [0.15, 0.2) is 71.3 Å². The summed E-state index contributed by atoms with van der Waals surface area (Å²) in [6.45, 7) is 0.521. The van der Waals surface area contributed by atoms with Crippen molar-refractivity contribution in [1.82, 2.24) is 0 Å². The predicted octanol–water partition coefficient (Wildman–Crippen LogP) is 3.50. The topological polar surface area (TPSA) is 71.8 Å². The van der Waals surface area contributed by atoms with E-state index in [4.69, 9.17) is 9.15 Å². The highest BCUT2D eigenvalue weighted by Crippen LogP contribution is 2.31. The average Bonchev–Trinajstić information content (AvgIpc) is 3.36. The molecule has 0 spiro atoms. The molecule has 0 fully saturated rings. The van der Waals surface area contributed by atoms with E-state index in [1.807, 2.05) is 30.3 Å². The van der Waals surface area contributed by atoms with Gasteiger partial charge in [0.15, 0.2) is 12.4 Å². The third kappa shape index (κ3) is 3.69. The number of amides is 2. The van der Waals surface area contributed by atoms with Crippen LogP contribution in [-0.4, -0.2) is 25.0 Å². The number of anilines is 2. The van der Waals surface area contributed by atoms with E-state index >= 15 is 0 Å². The molecule has 1 aromatic heterocycles. The third-order valence-corrected chi connectivity index (χ3v) is 4.35. The molecule has 0 saturated carbocycles. The molecule has 1 aliphatic rings. The van der Waals surface area contributed by atoms with Crippen molar-refractivity contribution in [2.45, 2.75) is 6.42 Å². The molecule has 0 aliphatic carbocycles. The van der Waals surface area contributed by atoms with Crippen molar-refractivity contribution in [1.29, 1.82) is 0 Å². The Morgan fingerprint density at radius 3 is 2.70 bits per heavy atom. The Morgan fingerprint density at radius 1 is 1.07 bits per heavy atom. The minimum atomic E-state index is -0.236. The third-order valence-electron chi connectivity index (χ3n) is 4.35. The van der Waals surface area contributed by atoms with Crippen LogP contribution in [-0.2, 0) is 11.2 Å². The van der Waals surface area contributed by atoms with Gasteiger partial charge in [-0.25, -0.2) is 0 Å². The molecule has 0 unspecified atom stereocenters. The molecule has 1 N–H and O–H groups in total. The van der Waals surface area contributed by atoms with Gasteiger partial charge < -0.3 is 19.4 Å². The highest BCUT2D eigenvalue weighted by atomic mass is 16.5. The summed E-state index contributed by atoms with van der Waals surface area (Å²) in [7, 11) is 0. The van der Waals surface area contributed by atoms with Gasteiger partial charge in [-0.1, -0.05) is 18.2 Å².